The standard InChI is InChI=1S/C16H16N2O/c1-12-5-3-4-6-15(12)16(13(2)18-19)11-14-7-9-17-10-8-14/h3-11,19H,1-2H3/b16-11+,18-13+. The lowest BCUT2D eigenvalue weighted by molar-refractivity contribution is 0.319. The number of benzene rings is 1. The number of allylic oxidation sites excluding steroid dienone is 1. The second-order valence-corrected chi connectivity index (χ2v) is 4.34. The number of rotatable bonds is 3. The summed E-state index contributed by atoms with van der Waals surface area (Å²) in [6.07, 6.45) is 5.48. The lowest BCUT2D eigenvalue weighted by atomic mass is 9.96. The fourth-order valence-corrected chi connectivity index (χ4v) is 1.93. The highest BCUT2D eigenvalue weighted by Crippen LogP contribution is 2.22. The van der Waals surface area contributed by atoms with Crippen LogP contribution in [0.3, 0.4) is 0 Å². The van der Waals surface area contributed by atoms with E-state index in [1.54, 1.807) is 19.3 Å². The van der Waals surface area contributed by atoms with Gasteiger partial charge in [-0.2, -0.15) is 0 Å². The van der Waals surface area contributed by atoms with Crippen LogP contribution >= 0.6 is 0 Å². The first-order valence-electron chi connectivity index (χ1n) is 6.09. The largest absolute Gasteiger partial charge is 0.411 e. The molecule has 1 aromatic heterocycles. The van der Waals surface area contributed by atoms with Crippen molar-refractivity contribution < 1.29 is 5.21 Å². The molecule has 0 fully saturated rings. The molecule has 1 aromatic carbocycles. The highest BCUT2D eigenvalue weighted by molar-refractivity contribution is 6.27. The molecule has 2 rings (SSSR count). The fraction of sp³-hybridized carbons (Fsp3) is 0.125. The Morgan fingerprint density at radius 1 is 1.16 bits per heavy atom. The molecule has 2 aromatic rings. The normalized spacial score (nSPS) is 12.5. The van der Waals surface area contributed by atoms with E-state index in [4.69, 9.17) is 5.21 Å². The van der Waals surface area contributed by atoms with E-state index < -0.39 is 0 Å². The van der Waals surface area contributed by atoms with E-state index in [1.807, 2.05) is 49.4 Å². The average molecular weight is 252 g/mol. The Balaban J connectivity index is 2.55. The smallest absolute Gasteiger partial charge is 0.0843 e. The molecule has 1 N–H and O–H groups in total. The van der Waals surface area contributed by atoms with Crippen LogP contribution in [0.1, 0.15) is 23.6 Å². The molecule has 0 saturated heterocycles. The minimum absolute atomic E-state index is 0.589. The molecule has 3 nitrogen and oxygen atoms in total. The van der Waals surface area contributed by atoms with Gasteiger partial charge in [0, 0.05) is 18.0 Å². The zero-order chi connectivity index (χ0) is 13.7. The molecule has 0 radical (unpaired) electrons. The molecule has 0 amide bonds. The van der Waals surface area contributed by atoms with Crippen LogP contribution in [-0.4, -0.2) is 15.9 Å². The third-order valence-electron chi connectivity index (χ3n) is 2.99. The predicted molar refractivity (Wildman–Crippen MR) is 78.2 cm³/mol. The van der Waals surface area contributed by atoms with E-state index in [1.165, 1.54) is 0 Å². The van der Waals surface area contributed by atoms with Crippen molar-refractivity contribution in [3.8, 4) is 0 Å². The first-order chi connectivity index (χ1) is 9.22. The second kappa shape index (κ2) is 5.96. The number of nitrogens with zero attached hydrogens (tertiary/aromatic N) is 2. The highest BCUT2D eigenvalue weighted by Gasteiger charge is 2.08. The Labute approximate surface area is 112 Å². The molecule has 0 aliphatic carbocycles. The Kier molecular flexibility index (Phi) is 4.08. The van der Waals surface area contributed by atoms with Crippen LogP contribution in [0.25, 0.3) is 11.6 Å². The van der Waals surface area contributed by atoms with Crippen LogP contribution in [0.15, 0.2) is 53.9 Å². The maximum atomic E-state index is 9.07. The van der Waals surface area contributed by atoms with Crippen molar-refractivity contribution in [1.29, 1.82) is 0 Å². The van der Waals surface area contributed by atoms with Gasteiger partial charge in [0.25, 0.3) is 0 Å². The maximum absolute atomic E-state index is 9.07. The molecular weight excluding hydrogens is 236 g/mol. The van der Waals surface area contributed by atoms with Crippen molar-refractivity contribution in [1.82, 2.24) is 4.98 Å². The van der Waals surface area contributed by atoms with Crippen LogP contribution in [0.5, 0.6) is 0 Å². The van der Waals surface area contributed by atoms with Gasteiger partial charge in [-0.25, -0.2) is 0 Å². The molecule has 0 saturated carbocycles. The number of hydrogen-bond donors (Lipinski definition) is 1. The third-order valence-corrected chi connectivity index (χ3v) is 2.99. The molecule has 96 valence electrons. The number of pyridine rings is 1. The summed E-state index contributed by atoms with van der Waals surface area (Å²) in [5.41, 5.74) is 4.73. The van der Waals surface area contributed by atoms with Gasteiger partial charge in [-0.3, -0.25) is 4.98 Å². The van der Waals surface area contributed by atoms with Gasteiger partial charge in [0.1, 0.15) is 0 Å². The van der Waals surface area contributed by atoms with Gasteiger partial charge in [-0.05, 0) is 48.7 Å². The van der Waals surface area contributed by atoms with Crippen LogP contribution in [0.4, 0.5) is 0 Å². The zero-order valence-corrected chi connectivity index (χ0v) is 11.0. The van der Waals surface area contributed by atoms with Crippen LogP contribution in [-0.2, 0) is 0 Å². The highest BCUT2D eigenvalue weighted by atomic mass is 16.4. The topological polar surface area (TPSA) is 45.5 Å². The molecule has 0 bridgehead atoms. The molecule has 0 aliphatic heterocycles. The van der Waals surface area contributed by atoms with E-state index in [9.17, 15) is 0 Å². The Morgan fingerprint density at radius 2 is 1.84 bits per heavy atom. The van der Waals surface area contributed by atoms with Crippen molar-refractivity contribution in [2.75, 3.05) is 0 Å². The monoisotopic (exact) mass is 252 g/mol. The first-order valence-corrected chi connectivity index (χ1v) is 6.09. The van der Waals surface area contributed by atoms with Gasteiger partial charge in [-0.1, -0.05) is 29.4 Å². The van der Waals surface area contributed by atoms with Gasteiger partial charge in [0.05, 0.1) is 5.71 Å². The first kappa shape index (κ1) is 13.0. The van der Waals surface area contributed by atoms with E-state index >= 15 is 0 Å². The van der Waals surface area contributed by atoms with Gasteiger partial charge in [-0.15, -0.1) is 0 Å². The Hall–Kier alpha value is -2.42. The van der Waals surface area contributed by atoms with E-state index in [2.05, 4.69) is 10.1 Å². The van der Waals surface area contributed by atoms with E-state index in [0.717, 1.165) is 22.3 Å². The van der Waals surface area contributed by atoms with Gasteiger partial charge in [0.2, 0.25) is 0 Å². The summed E-state index contributed by atoms with van der Waals surface area (Å²) >= 11 is 0. The fourth-order valence-electron chi connectivity index (χ4n) is 1.93. The quantitative estimate of drug-likeness (QED) is 0.513. The third kappa shape index (κ3) is 3.07. The summed E-state index contributed by atoms with van der Waals surface area (Å²) in [6, 6.07) is 11.9. The molecular formula is C16H16N2O. The molecule has 0 atom stereocenters. The lowest BCUT2D eigenvalue weighted by Crippen LogP contribution is -1.99. The Morgan fingerprint density at radius 3 is 2.47 bits per heavy atom. The van der Waals surface area contributed by atoms with E-state index in [-0.39, 0.29) is 0 Å². The molecule has 0 unspecified atom stereocenters. The number of aryl methyl sites for hydroxylation is 1. The van der Waals surface area contributed by atoms with Crippen LogP contribution < -0.4 is 0 Å². The lowest BCUT2D eigenvalue weighted by Gasteiger charge is -2.10. The summed E-state index contributed by atoms with van der Waals surface area (Å²) in [7, 11) is 0. The summed E-state index contributed by atoms with van der Waals surface area (Å²) in [4.78, 5) is 4.00. The predicted octanol–water partition coefficient (Wildman–Crippen LogP) is 3.78. The number of hydrogen-bond acceptors (Lipinski definition) is 3. The van der Waals surface area contributed by atoms with Crippen molar-refractivity contribution in [3.05, 3.63) is 65.5 Å². The van der Waals surface area contributed by atoms with Crippen molar-refractivity contribution in [2.24, 2.45) is 5.16 Å². The van der Waals surface area contributed by atoms with Crippen LogP contribution in [0.2, 0.25) is 0 Å². The van der Waals surface area contributed by atoms with Gasteiger partial charge >= 0.3 is 0 Å². The minimum atomic E-state index is 0.589. The van der Waals surface area contributed by atoms with Crippen molar-refractivity contribution >= 4 is 17.4 Å². The zero-order valence-electron chi connectivity index (χ0n) is 11.0. The molecule has 19 heavy (non-hydrogen) atoms. The van der Waals surface area contributed by atoms with Crippen molar-refractivity contribution in [3.63, 3.8) is 0 Å². The SMILES string of the molecule is CC(=N\O)/C(=C\c1ccncc1)c1ccccc1C. The summed E-state index contributed by atoms with van der Waals surface area (Å²) in [5, 5.41) is 12.4. The van der Waals surface area contributed by atoms with E-state index in [0.29, 0.717) is 5.71 Å². The minimum Gasteiger partial charge on any atom is -0.411 e. The molecule has 0 spiro atoms. The Bertz CT molecular complexity index is 616. The average Bonchev–Trinajstić information content (AvgIpc) is 2.46. The van der Waals surface area contributed by atoms with Crippen LogP contribution in [0, 0.1) is 6.92 Å². The molecule has 1 heterocycles. The van der Waals surface area contributed by atoms with Gasteiger partial charge in [0.15, 0.2) is 0 Å². The molecule has 0 aliphatic rings. The van der Waals surface area contributed by atoms with Gasteiger partial charge < -0.3 is 5.21 Å². The maximum Gasteiger partial charge on any atom is 0.0843 e. The summed E-state index contributed by atoms with van der Waals surface area (Å²) < 4.78 is 0. The summed E-state index contributed by atoms with van der Waals surface area (Å²) in [5.74, 6) is 0. The number of aromatic nitrogens is 1. The molecule has 3 heteroatoms. The summed E-state index contributed by atoms with van der Waals surface area (Å²) in [6.45, 7) is 3.83. The second-order valence-electron chi connectivity index (χ2n) is 4.34. The van der Waals surface area contributed by atoms with Crippen molar-refractivity contribution in [2.45, 2.75) is 13.8 Å². The number of oxime groups is 1.